The summed E-state index contributed by atoms with van der Waals surface area (Å²) < 4.78 is 0. The van der Waals surface area contributed by atoms with Gasteiger partial charge in [0, 0.05) is 24.2 Å². The van der Waals surface area contributed by atoms with Crippen molar-refractivity contribution in [3.63, 3.8) is 0 Å². The van der Waals surface area contributed by atoms with Gasteiger partial charge in [0.05, 0.1) is 5.52 Å². The van der Waals surface area contributed by atoms with Gasteiger partial charge < -0.3 is 5.32 Å². The lowest BCUT2D eigenvalue weighted by Gasteiger charge is -2.07. The fourth-order valence-electron chi connectivity index (χ4n) is 2.56. The minimum absolute atomic E-state index is 0.873. The fraction of sp³-hybridized carbons (Fsp3) is 0.211. The van der Waals surface area contributed by atoms with E-state index in [0.717, 1.165) is 24.3 Å². The van der Waals surface area contributed by atoms with Crippen molar-refractivity contribution in [3.8, 4) is 0 Å². The van der Waals surface area contributed by atoms with Crippen molar-refractivity contribution in [1.29, 1.82) is 0 Å². The SMILES string of the molecule is Cc1cccc(CNCc2ccc3nc(C)ccc3c2)c1. The van der Waals surface area contributed by atoms with Crippen LogP contribution in [0.3, 0.4) is 0 Å². The number of fused-ring (bicyclic) bond motifs is 1. The maximum absolute atomic E-state index is 4.53. The van der Waals surface area contributed by atoms with Gasteiger partial charge in [0.15, 0.2) is 0 Å². The molecule has 0 radical (unpaired) electrons. The second kappa shape index (κ2) is 6.06. The maximum Gasteiger partial charge on any atom is 0.0705 e. The van der Waals surface area contributed by atoms with E-state index in [1.165, 1.54) is 22.1 Å². The Balaban J connectivity index is 1.66. The summed E-state index contributed by atoms with van der Waals surface area (Å²) in [7, 11) is 0. The van der Waals surface area contributed by atoms with E-state index in [4.69, 9.17) is 0 Å². The average molecular weight is 276 g/mol. The molecule has 0 unspecified atom stereocenters. The minimum atomic E-state index is 0.873. The molecular weight excluding hydrogens is 256 g/mol. The molecule has 0 bridgehead atoms. The summed E-state index contributed by atoms with van der Waals surface area (Å²) in [5, 5.41) is 4.70. The first-order valence-electron chi connectivity index (χ1n) is 7.33. The molecule has 0 saturated heterocycles. The third-order valence-corrected chi connectivity index (χ3v) is 3.63. The Morgan fingerprint density at radius 3 is 2.48 bits per heavy atom. The van der Waals surface area contributed by atoms with Gasteiger partial charge in [0.1, 0.15) is 0 Å². The molecule has 1 heterocycles. The van der Waals surface area contributed by atoms with Gasteiger partial charge in [0.2, 0.25) is 0 Å². The molecule has 2 heteroatoms. The molecule has 2 nitrogen and oxygen atoms in total. The summed E-state index contributed by atoms with van der Waals surface area (Å²) >= 11 is 0. The van der Waals surface area contributed by atoms with Crippen LogP contribution >= 0.6 is 0 Å². The summed E-state index contributed by atoms with van der Waals surface area (Å²) in [5.74, 6) is 0. The molecule has 0 saturated carbocycles. The Kier molecular flexibility index (Phi) is 3.98. The number of pyridine rings is 1. The molecule has 2 aromatic carbocycles. The number of aryl methyl sites for hydroxylation is 2. The first-order chi connectivity index (χ1) is 10.2. The number of benzene rings is 2. The number of hydrogen-bond acceptors (Lipinski definition) is 2. The normalized spacial score (nSPS) is 11.0. The summed E-state index contributed by atoms with van der Waals surface area (Å²) in [5.41, 5.74) is 6.06. The fourth-order valence-corrected chi connectivity index (χ4v) is 2.56. The molecule has 0 fully saturated rings. The molecule has 3 aromatic rings. The monoisotopic (exact) mass is 276 g/mol. The molecule has 106 valence electrons. The van der Waals surface area contributed by atoms with Crippen molar-refractivity contribution in [1.82, 2.24) is 10.3 Å². The van der Waals surface area contributed by atoms with Crippen molar-refractivity contribution >= 4 is 10.9 Å². The van der Waals surface area contributed by atoms with Crippen LogP contribution in [0.5, 0.6) is 0 Å². The first kappa shape index (κ1) is 13.8. The quantitative estimate of drug-likeness (QED) is 0.774. The smallest absolute Gasteiger partial charge is 0.0705 e. The Morgan fingerprint density at radius 2 is 1.67 bits per heavy atom. The van der Waals surface area contributed by atoms with E-state index >= 15 is 0 Å². The zero-order valence-corrected chi connectivity index (χ0v) is 12.6. The Bertz CT molecular complexity index is 762. The van der Waals surface area contributed by atoms with Gasteiger partial charge in [-0.2, -0.15) is 0 Å². The second-order valence-electron chi connectivity index (χ2n) is 5.57. The number of rotatable bonds is 4. The van der Waals surface area contributed by atoms with Crippen molar-refractivity contribution in [2.45, 2.75) is 26.9 Å². The minimum Gasteiger partial charge on any atom is -0.309 e. The van der Waals surface area contributed by atoms with E-state index in [9.17, 15) is 0 Å². The largest absolute Gasteiger partial charge is 0.309 e. The molecule has 3 rings (SSSR count). The highest BCUT2D eigenvalue weighted by Gasteiger charge is 1.99. The highest BCUT2D eigenvalue weighted by molar-refractivity contribution is 5.79. The molecule has 0 amide bonds. The highest BCUT2D eigenvalue weighted by Crippen LogP contribution is 2.15. The molecule has 0 atom stereocenters. The summed E-state index contributed by atoms with van der Waals surface area (Å²) in [4.78, 5) is 4.53. The van der Waals surface area contributed by atoms with Gasteiger partial charge in [-0.3, -0.25) is 4.98 Å². The van der Waals surface area contributed by atoms with E-state index in [2.05, 4.69) is 71.8 Å². The molecular formula is C19H20N2. The Labute approximate surface area is 125 Å². The van der Waals surface area contributed by atoms with E-state index in [1.54, 1.807) is 0 Å². The predicted molar refractivity (Wildman–Crippen MR) is 88.2 cm³/mol. The van der Waals surface area contributed by atoms with Crippen LogP contribution in [0.25, 0.3) is 10.9 Å². The topological polar surface area (TPSA) is 24.9 Å². The van der Waals surface area contributed by atoms with E-state index < -0.39 is 0 Å². The average Bonchev–Trinajstić information content (AvgIpc) is 2.47. The van der Waals surface area contributed by atoms with Gasteiger partial charge in [-0.25, -0.2) is 0 Å². The zero-order chi connectivity index (χ0) is 14.7. The molecule has 1 aromatic heterocycles. The summed E-state index contributed by atoms with van der Waals surface area (Å²) in [6.07, 6.45) is 0. The van der Waals surface area contributed by atoms with Gasteiger partial charge in [-0.05, 0) is 43.2 Å². The maximum atomic E-state index is 4.53. The number of hydrogen-bond donors (Lipinski definition) is 1. The molecule has 21 heavy (non-hydrogen) atoms. The number of nitrogens with zero attached hydrogens (tertiary/aromatic N) is 1. The van der Waals surface area contributed by atoms with Crippen LogP contribution in [-0.2, 0) is 13.1 Å². The predicted octanol–water partition coefficient (Wildman–Crippen LogP) is 4.14. The van der Waals surface area contributed by atoms with Crippen molar-refractivity contribution in [2.24, 2.45) is 0 Å². The van der Waals surface area contributed by atoms with Crippen LogP contribution in [0.1, 0.15) is 22.4 Å². The van der Waals surface area contributed by atoms with E-state index in [0.29, 0.717) is 0 Å². The molecule has 0 spiro atoms. The Hall–Kier alpha value is -2.19. The highest BCUT2D eigenvalue weighted by atomic mass is 14.8. The van der Waals surface area contributed by atoms with Crippen LogP contribution < -0.4 is 5.32 Å². The first-order valence-corrected chi connectivity index (χ1v) is 7.33. The van der Waals surface area contributed by atoms with Gasteiger partial charge in [-0.1, -0.05) is 42.0 Å². The van der Waals surface area contributed by atoms with Gasteiger partial charge >= 0.3 is 0 Å². The lowest BCUT2D eigenvalue weighted by molar-refractivity contribution is 0.693. The third-order valence-electron chi connectivity index (χ3n) is 3.63. The van der Waals surface area contributed by atoms with E-state index in [-0.39, 0.29) is 0 Å². The van der Waals surface area contributed by atoms with Crippen LogP contribution in [0.2, 0.25) is 0 Å². The van der Waals surface area contributed by atoms with Crippen LogP contribution in [-0.4, -0.2) is 4.98 Å². The second-order valence-corrected chi connectivity index (χ2v) is 5.57. The molecule has 0 aliphatic carbocycles. The lowest BCUT2D eigenvalue weighted by atomic mass is 10.1. The van der Waals surface area contributed by atoms with Crippen molar-refractivity contribution in [2.75, 3.05) is 0 Å². The van der Waals surface area contributed by atoms with Crippen LogP contribution in [0.15, 0.2) is 54.6 Å². The molecule has 0 aliphatic rings. The van der Waals surface area contributed by atoms with Crippen LogP contribution in [0, 0.1) is 13.8 Å². The Morgan fingerprint density at radius 1 is 0.857 bits per heavy atom. The van der Waals surface area contributed by atoms with Crippen LogP contribution in [0.4, 0.5) is 0 Å². The molecule has 0 aliphatic heterocycles. The zero-order valence-electron chi connectivity index (χ0n) is 12.6. The number of nitrogens with one attached hydrogen (secondary N) is 1. The number of aromatic nitrogens is 1. The molecule has 1 N–H and O–H groups in total. The lowest BCUT2D eigenvalue weighted by Crippen LogP contribution is -2.12. The van der Waals surface area contributed by atoms with Crippen molar-refractivity contribution in [3.05, 3.63) is 77.0 Å². The van der Waals surface area contributed by atoms with Crippen molar-refractivity contribution < 1.29 is 0 Å². The van der Waals surface area contributed by atoms with Gasteiger partial charge in [0.25, 0.3) is 0 Å². The summed E-state index contributed by atoms with van der Waals surface area (Å²) in [6.45, 7) is 5.92. The third kappa shape index (κ3) is 3.47. The van der Waals surface area contributed by atoms with Gasteiger partial charge in [-0.15, -0.1) is 0 Å². The standard InChI is InChI=1S/C19H20N2/c1-14-4-3-5-16(10-14)12-20-13-17-7-9-19-18(11-17)8-6-15(2)21-19/h3-11,20H,12-13H2,1-2H3. The van der Waals surface area contributed by atoms with E-state index in [1.807, 2.05) is 6.92 Å². The summed E-state index contributed by atoms with van der Waals surface area (Å²) in [6, 6.07) is 19.3.